The standard InChI is InChI=1S/C17H21BrINO3/c1-3-10-4-6-11(7-5-10)16(21)20-15-8-12(17(22)23-2)13(18)9-14(15)19/h8-11H,3-7H2,1-2H3,(H,20,21)/t10-,11-. The largest absolute Gasteiger partial charge is 0.465 e. The van der Waals surface area contributed by atoms with Gasteiger partial charge in [0, 0.05) is 14.0 Å². The average molecular weight is 494 g/mol. The number of hydrogen-bond acceptors (Lipinski definition) is 3. The van der Waals surface area contributed by atoms with Crippen molar-refractivity contribution in [3.8, 4) is 0 Å². The summed E-state index contributed by atoms with van der Waals surface area (Å²) in [6, 6.07) is 3.49. The molecule has 6 heteroatoms. The number of anilines is 1. The molecule has 126 valence electrons. The Kier molecular flexibility index (Phi) is 6.88. The molecular weight excluding hydrogens is 473 g/mol. The number of hydrogen-bond donors (Lipinski definition) is 1. The van der Waals surface area contributed by atoms with Crippen molar-refractivity contribution in [1.82, 2.24) is 0 Å². The highest BCUT2D eigenvalue weighted by atomic mass is 127. The molecule has 0 heterocycles. The van der Waals surface area contributed by atoms with E-state index in [0.29, 0.717) is 15.7 Å². The van der Waals surface area contributed by atoms with Crippen molar-refractivity contribution in [3.63, 3.8) is 0 Å². The molecule has 0 aromatic heterocycles. The summed E-state index contributed by atoms with van der Waals surface area (Å²) < 4.78 is 6.32. The number of carbonyl (C=O) groups excluding carboxylic acids is 2. The van der Waals surface area contributed by atoms with Crippen LogP contribution < -0.4 is 5.32 Å². The Labute approximate surface area is 159 Å². The van der Waals surface area contributed by atoms with Gasteiger partial charge >= 0.3 is 5.97 Å². The van der Waals surface area contributed by atoms with Gasteiger partial charge in [-0.1, -0.05) is 13.3 Å². The van der Waals surface area contributed by atoms with E-state index in [1.54, 1.807) is 6.07 Å². The second-order valence-electron chi connectivity index (χ2n) is 5.92. The maximum absolute atomic E-state index is 12.5. The lowest BCUT2D eigenvalue weighted by Gasteiger charge is -2.27. The van der Waals surface area contributed by atoms with Gasteiger partial charge in [0.25, 0.3) is 0 Å². The summed E-state index contributed by atoms with van der Waals surface area (Å²) in [5.74, 6) is 0.458. The van der Waals surface area contributed by atoms with Crippen LogP contribution in [0.15, 0.2) is 16.6 Å². The van der Waals surface area contributed by atoms with E-state index in [1.807, 2.05) is 6.07 Å². The highest BCUT2D eigenvalue weighted by molar-refractivity contribution is 14.1. The molecule has 2 rings (SSSR count). The van der Waals surface area contributed by atoms with Crippen molar-refractivity contribution >= 4 is 56.1 Å². The second kappa shape index (κ2) is 8.46. The van der Waals surface area contributed by atoms with Gasteiger partial charge in [0.1, 0.15) is 0 Å². The molecule has 1 aliphatic carbocycles. The summed E-state index contributed by atoms with van der Waals surface area (Å²) in [5.41, 5.74) is 1.08. The van der Waals surface area contributed by atoms with Gasteiger partial charge in [0.15, 0.2) is 0 Å². The third-order valence-corrected chi connectivity index (χ3v) is 6.06. The maximum Gasteiger partial charge on any atom is 0.339 e. The Balaban J connectivity index is 2.10. The van der Waals surface area contributed by atoms with Crippen molar-refractivity contribution in [2.75, 3.05) is 12.4 Å². The van der Waals surface area contributed by atoms with Crippen molar-refractivity contribution in [2.24, 2.45) is 11.8 Å². The van der Waals surface area contributed by atoms with Gasteiger partial charge in [-0.25, -0.2) is 4.79 Å². The van der Waals surface area contributed by atoms with Gasteiger partial charge < -0.3 is 10.1 Å². The predicted molar refractivity (Wildman–Crippen MR) is 103 cm³/mol. The van der Waals surface area contributed by atoms with Gasteiger partial charge in [-0.3, -0.25) is 4.79 Å². The quantitative estimate of drug-likeness (QED) is 0.474. The molecule has 0 unspecified atom stereocenters. The zero-order chi connectivity index (χ0) is 17.0. The topological polar surface area (TPSA) is 55.4 Å². The van der Waals surface area contributed by atoms with Crippen molar-refractivity contribution < 1.29 is 14.3 Å². The zero-order valence-corrected chi connectivity index (χ0v) is 17.1. The molecule has 1 fully saturated rings. The molecule has 1 saturated carbocycles. The molecule has 0 aliphatic heterocycles. The first-order valence-electron chi connectivity index (χ1n) is 7.84. The van der Waals surface area contributed by atoms with E-state index in [4.69, 9.17) is 4.74 Å². The number of methoxy groups -OCH3 is 1. The lowest BCUT2D eigenvalue weighted by molar-refractivity contribution is -0.121. The van der Waals surface area contributed by atoms with Crippen molar-refractivity contribution in [1.29, 1.82) is 0 Å². The normalized spacial score (nSPS) is 20.9. The number of esters is 1. The zero-order valence-electron chi connectivity index (χ0n) is 13.3. The predicted octanol–water partition coefficient (Wildman–Crippen LogP) is 5.00. The van der Waals surface area contributed by atoms with E-state index in [9.17, 15) is 9.59 Å². The fourth-order valence-electron chi connectivity index (χ4n) is 2.98. The summed E-state index contributed by atoms with van der Waals surface area (Å²) in [7, 11) is 1.34. The fraction of sp³-hybridized carbons (Fsp3) is 0.529. The minimum absolute atomic E-state index is 0.0515. The van der Waals surface area contributed by atoms with Gasteiger partial charge in [-0.15, -0.1) is 0 Å². The van der Waals surface area contributed by atoms with Gasteiger partial charge in [-0.05, 0) is 82.3 Å². The molecule has 4 nitrogen and oxygen atoms in total. The summed E-state index contributed by atoms with van der Waals surface area (Å²) in [6.45, 7) is 2.21. The minimum Gasteiger partial charge on any atom is -0.465 e. The molecule has 1 aliphatic rings. The van der Waals surface area contributed by atoms with Crippen LogP contribution in [0.4, 0.5) is 5.69 Å². The molecule has 1 aromatic carbocycles. The lowest BCUT2D eigenvalue weighted by Crippen LogP contribution is -2.27. The SMILES string of the molecule is CC[C@H]1CC[C@H](C(=O)Nc2cc(C(=O)OC)c(Br)cc2I)CC1. The van der Waals surface area contributed by atoms with Gasteiger partial charge in [0.05, 0.1) is 18.4 Å². The molecule has 0 spiro atoms. The Morgan fingerprint density at radius 3 is 2.52 bits per heavy atom. The van der Waals surface area contributed by atoms with Crippen LogP contribution in [-0.4, -0.2) is 19.0 Å². The van der Waals surface area contributed by atoms with Gasteiger partial charge in [0.2, 0.25) is 5.91 Å². The van der Waals surface area contributed by atoms with E-state index in [1.165, 1.54) is 13.5 Å². The first-order valence-corrected chi connectivity index (χ1v) is 9.71. The van der Waals surface area contributed by atoms with E-state index in [-0.39, 0.29) is 11.8 Å². The van der Waals surface area contributed by atoms with E-state index >= 15 is 0 Å². The Hall–Kier alpha value is -0.630. The first-order chi connectivity index (χ1) is 11.0. The number of amides is 1. The lowest BCUT2D eigenvalue weighted by atomic mass is 9.80. The molecule has 1 N–H and O–H groups in total. The van der Waals surface area contributed by atoms with Gasteiger partial charge in [-0.2, -0.15) is 0 Å². The van der Waals surface area contributed by atoms with Crippen LogP contribution in [0, 0.1) is 15.4 Å². The molecular formula is C17H21BrINO3. The number of rotatable bonds is 4. The number of carbonyl (C=O) groups is 2. The highest BCUT2D eigenvalue weighted by Crippen LogP contribution is 2.33. The third-order valence-electron chi connectivity index (χ3n) is 4.51. The Morgan fingerprint density at radius 2 is 1.96 bits per heavy atom. The summed E-state index contributed by atoms with van der Waals surface area (Å²) in [6.07, 6.45) is 5.34. The first kappa shape index (κ1) is 18.7. The van der Waals surface area contributed by atoms with Crippen LogP contribution in [0.1, 0.15) is 49.4 Å². The highest BCUT2D eigenvalue weighted by Gasteiger charge is 2.26. The third kappa shape index (κ3) is 4.68. The molecule has 23 heavy (non-hydrogen) atoms. The number of nitrogens with one attached hydrogen (secondary N) is 1. The summed E-state index contributed by atoms with van der Waals surface area (Å²) in [4.78, 5) is 24.3. The van der Waals surface area contributed by atoms with Crippen molar-refractivity contribution in [2.45, 2.75) is 39.0 Å². The summed E-state index contributed by atoms with van der Waals surface area (Å²) in [5, 5.41) is 2.98. The van der Waals surface area contributed by atoms with E-state index in [2.05, 4.69) is 50.8 Å². The molecule has 0 radical (unpaired) electrons. The molecule has 1 amide bonds. The van der Waals surface area contributed by atoms with Crippen LogP contribution >= 0.6 is 38.5 Å². The average Bonchev–Trinajstić information content (AvgIpc) is 2.56. The maximum atomic E-state index is 12.5. The number of halogens is 2. The van der Waals surface area contributed by atoms with Crippen LogP contribution in [-0.2, 0) is 9.53 Å². The fourth-order valence-corrected chi connectivity index (χ4v) is 4.51. The molecule has 0 bridgehead atoms. The monoisotopic (exact) mass is 493 g/mol. The second-order valence-corrected chi connectivity index (χ2v) is 7.94. The van der Waals surface area contributed by atoms with Crippen LogP contribution in [0.2, 0.25) is 0 Å². The van der Waals surface area contributed by atoms with E-state index in [0.717, 1.165) is 35.2 Å². The van der Waals surface area contributed by atoms with Crippen LogP contribution in [0.5, 0.6) is 0 Å². The number of ether oxygens (including phenoxy) is 1. The van der Waals surface area contributed by atoms with E-state index < -0.39 is 5.97 Å². The molecule has 0 saturated heterocycles. The Morgan fingerprint density at radius 1 is 1.30 bits per heavy atom. The molecule has 0 atom stereocenters. The Bertz CT molecular complexity index is 598. The minimum atomic E-state index is -0.424. The smallest absolute Gasteiger partial charge is 0.339 e. The summed E-state index contributed by atoms with van der Waals surface area (Å²) >= 11 is 5.52. The van der Waals surface area contributed by atoms with Crippen LogP contribution in [0.3, 0.4) is 0 Å². The number of benzene rings is 1. The van der Waals surface area contributed by atoms with Crippen LogP contribution in [0.25, 0.3) is 0 Å². The molecule has 1 aromatic rings. The van der Waals surface area contributed by atoms with Crippen molar-refractivity contribution in [3.05, 3.63) is 25.7 Å².